The SMILES string of the molecule is NS(=O)(=O)c1cccc(-c2cn(-c3nc(-c4ccc(C(F)(F)F)nc4)cc(C(F)(F)F)n3)cn2)c1. The monoisotopic (exact) mass is 514 g/mol. The normalized spacial score (nSPS) is 12.7. The van der Waals surface area contributed by atoms with Gasteiger partial charge in [0.25, 0.3) is 0 Å². The highest BCUT2D eigenvalue weighted by Crippen LogP contribution is 2.32. The first-order valence-electron chi connectivity index (χ1n) is 9.39. The molecule has 0 fully saturated rings. The lowest BCUT2D eigenvalue weighted by Crippen LogP contribution is -2.12. The van der Waals surface area contributed by atoms with Crippen LogP contribution in [-0.2, 0) is 22.4 Å². The lowest BCUT2D eigenvalue weighted by atomic mass is 10.1. The largest absolute Gasteiger partial charge is 0.433 e. The summed E-state index contributed by atoms with van der Waals surface area (Å²) in [5.74, 6) is -0.476. The first-order chi connectivity index (χ1) is 16.2. The highest BCUT2D eigenvalue weighted by molar-refractivity contribution is 7.89. The Kier molecular flexibility index (Phi) is 5.84. The van der Waals surface area contributed by atoms with E-state index in [0.717, 1.165) is 23.2 Å². The second kappa shape index (κ2) is 8.42. The minimum Gasteiger partial charge on any atom is -0.274 e. The third-order valence-corrected chi connectivity index (χ3v) is 5.54. The molecule has 0 amide bonds. The third-order valence-electron chi connectivity index (χ3n) is 4.63. The van der Waals surface area contributed by atoms with Gasteiger partial charge in [0, 0.05) is 23.5 Å². The summed E-state index contributed by atoms with van der Waals surface area (Å²) in [7, 11) is -4.01. The number of benzene rings is 1. The van der Waals surface area contributed by atoms with Gasteiger partial charge in [-0.25, -0.2) is 28.5 Å². The smallest absolute Gasteiger partial charge is 0.274 e. The summed E-state index contributed by atoms with van der Waals surface area (Å²) >= 11 is 0. The molecule has 0 aliphatic heterocycles. The summed E-state index contributed by atoms with van der Waals surface area (Å²) in [4.78, 5) is 14.6. The van der Waals surface area contributed by atoms with Crippen LogP contribution < -0.4 is 5.14 Å². The van der Waals surface area contributed by atoms with E-state index in [1.807, 2.05) is 0 Å². The second-order valence-electron chi connectivity index (χ2n) is 7.11. The molecule has 0 aliphatic carbocycles. The zero-order valence-corrected chi connectivity index (χ0v) is 17.9. The first-order valence-corrected chi connectivity index (χ1v) is 10.9. The van der Waals surface area contributed by atoms with Crippen LogP contribution in [0.25, 0.3) is 28.5 Å². The summed E-state index contributed by atoms with van der Waals surface area (Å²) < 4.78 is 103. The summed E-state index contributed by atoms with van der Waals surface area (Å²) in [6, 6.07) is 7.56. The van der Waals surface area contributed by atoms with Gasteiger partial charge in [-0.05, 0) is 30.3 Å². The van der Waals surface area contributed by atoms with Gasteiger partial charge in [0.15, 0.2) is 5.69 Å². The average Bonchev–Trinajstić information content (AvgIpc) is 3.28. The number of halogens is 6. The van der Waals surface area contributed by atoms with Gasteiger partial charge in [0.05, 0.1) is 16.3 Å². The minimum absolute atomic E-state index is 0.103. The van der Waals surface area contributed by atoms with Gasteiger partial charge in [-0.2, -0.15) is 26.3 Å². The highest BCUT2D eigenvalue weighted by atomic mass is 32.2. The first kappa shape index (κ1) is 24.3. The van der Waals surface area contributed by atoms with Crippen molar-refractivity contribution in [1.82, 2.24) is 24.5 Å². The van der Waals surface area contributed by atoms with Crippen molar-refractivity contribution in [2.45, 2.75) is 17.2 Å². The minimum atomic E-state index is -4.89. The molecule has 0 saturated carbocycles. The number of hydrogen-bond acceptors (Lipinski definition) is 6. The Morgan fingerprint density at radius 2 is 1.51 bits per heavy atom. The molecule has 3 heterocycles. The van der Waals surface area contributed by atoms with E-state index in [4.69, 9.17) is 5.14 Å². The van der Waals surface area contributed by atoms with Crippen LogP contribution in [0, 0.1) is 0 Å². The Morgan fingerprint density at radius 1 is 0.800 bits per heavy atom. The molecule has 1 aromatic carbocycles. The number of sulfonamides is 1. The summed E-state index contributed by atoms with van der Waals surface area (Å²) in [6.07, 6.45) is -6.50. The van der Waals surface area contributed by atoms with Crippen LogP contribution in [0.2, 0.25) is 0 Å². The van der Waals surface area contributed by atoms with E-state index >= 15 is 0 Å². The van der Waals surface area contributed by atoms with Crippen molar-refractivity contribution < 1.29 is 34.8 Å². The van der Waals surface area contributed by atoms with Gasteiger partial charge in [0.1, 0.15) is 12.0 Å². The number of nitrogens with two attached hydrogens (primary N) is 1. The number of primary sulfonamides is 1. The second-order valence-corrected chi connectivity index (χ2v) is 8.67. The Hall–Kier alpha value is -3.85. The van der Waals surface area contributed by atoms with E-state index in [2.05, 4.69) is 19.9 Å². The summed E-state index contributed by atoms with van der Waals surface area (Å²) in [5.41, 5.74) is -2.51. The van der Waals surface area contributed by atoms with Gasteiger partial charge in [0.2, 0.25) is 16.0 Å². The van der Waals surface area contributed by atoms with E-state index < -0.39 is 39.7 Å². The molecule has 0 aliphatic rings. The van der Waals surface area contributed by atoms with Crippen LogP contribution >= 0.6 is 0 Å². The van der Waals surface area contributed by atoms with Crippen molar-refractivity contribution in [1.29, 1.82) is 0 Å². The van der Waals surface area contributed by atoms with Crippen LogP contribution in [0.3, 0.4) is 0 Å². The molecule has 2 N–H and O–H groups in total. The quantitative estimate of drug-likeness (QED) is 0.411. The van der Waals surface area contributed by atoms with Gasteiger partial charge in [-0.1, -0.05) is 12.1 Å². The highest BCUT2D eigenvalue weighted by Gasteiger charge is 2.35. The molecular weight excluding hydrogens is 502 g/mol. The number of rotatable bonds is 4. The van der Waals surface area contributed by atoms with E-state index in [9.17, 15) is 34.8 Å². The topological polar surface area (TPSA) is 117 Å². The van der Waals surface area contributed by atoms with Crippen molar-refractivity contribution in [3.05, 3.63) is 72.6 Å². The maximum atomic E-state index is 13.5. The Bertz CT molecular complexity index is 1500. The third kappa shape index (κ3) is 5.30. The van der Waals surface area contributed by atoms with Crippen LogP contribution in [0.15, 0.2) is 66.1 Å². The molecule has 0 saturated heterocycles. The molecule has 8 nitrogen and oxygen atoms in total. The van der Waals surface area contributed by atoms with E-state index in [0.29, 0.717) is 17.7 Å². The van der Waals surface area contributed by atoms with E-state index in [1.54, 1.807) is 0 Å². The average molecular weight is 514 g/mol. The van der Waals surface area contributed by atoms with E-state index in [-0.39, 0.29) is 21.8 Å². The number of hydrogen-bond donors (Lipinski definition) is 1. The van der Waals surface area contributed by atoms with E-state index in [1.165, 1.54) is 30.5 Å². The molecule has 4 aromatic rings. The van der Waals surface area contributed by atoms with Crippen molar-refractivity contribution in [3.8, 4) is 28.5 Å². The number of pyridine rings is 1. The Balaban J connectivity index is 1.78. The van der Waals surface area contributed by atoms with Crippen molar-refractivity contribution in [2.24, 2.45) is 5.14 Å². The molecule has 0 atom stereocenters. The maximum absolute atomic E-state index is 13.5. The fourth-order valence-electron chi connectivity index (χ4n) is 2.97. The fourth-order valence-corrected chi connectivity index (χ4v) is 3.53. The van der Waals surface area contributed by atoms with Gasteiger partial charge >= 0.3 is 12.4 Å². The van der Waals surface area contributed by atoms with Crippen molar-refractivity contribution >= 4 is 10.0 Å². The number of aromatic nitrogens is 5. The standard InChI is InChI=1S/C20H12F6N6O2S/c21-19(22,23)16-5-4-12(8-28-16)14-7-17(20(24,25)26)31-18(30-14)32-9-15(29-10-32)11-2-1-3-13(6-11)35(27,33)34/h1-10H,(H2,27,33,34). The lowest BCUT2D eigenvalue weighted by molar-refractivity contribution is -0.141. The van der Waals surface area contributed by atoms with Crippen molar-refractivity contribution in [3.63, 3.8) is 0 Å². The molecule has 0 unspecified atom stereocenters. The lowest BCUT2D eigenvalue weighted by Gasteiger charge is -2.11. The number of alkyl halides is 6. The van der Waals surface area contributed by atoms with Crippen molar-refractivity contribution in [2.75, 3.05) is 0 Å². The fraction of sp³-hybridized carbons (Fsp3) is 0.100. The maximum Gasteiger partial charge on any atom is 0.433 e. The van der Waals surface area contributed by atoms with Crippen LogP contribution in [0.1, 0.15) is 11.4 Å². The molecule has 3 aromatic heterocycles. The molecule has 15 heteroatoms. The summed E-state index contributed by atoms with van der Waals surface area (Å²) in [5, 5.41) is 5.11. The zero-order chi connectivity index (χ0) is 25.6. The van der Waals surface area contributed by atoms with Gasteiger partial charge in [-0.3, -0.25) is 9.55 Å². The van der Waals surface area contributed by atoms with Crippen LogP contribution in [0.4, 0.5) is 26.3 Å². The summed E-state index contributed by atoms with van der Waals surface area (Å²) in [6.45, 7) is 0. The molecule has 4 rings (SSSR count). The molecule has 0 spiro atoms. The van der Waals surface area contributed by atoms with Gasteiger partial charge < -0.3 is 0 Å². The van der Waals surface area contributed by atoms with Crippen LogP contribution in [0.5, 0.6) is 0 Å². The molecule has 35 heavy (non-hydrogen) atoms. The number of imidazole rings is 1. The molecule has 182 valence electrons. The molecule has 0 radical (unpaired) electrons. The Labute approximate surface area is 193 Å². The van der Waals surface area contributed by atoms with Crippen LogP contribution in [-0.4, -0.2) is 32.9 Å². The molecular formula is C20H12F6N6O2S. The zero-order valence-electron chi connectivity index (χ0n) is 17.1. The predicted octanol–water partition coefficient (Wildman–Crippen LogP) is 4.08. The predicted molar refractivity (Wildman–Crippen MR) is 109 cm³/mol. The Morgan fingerprint density at radius 3 is 2.11 bits per heavy atom. The number of nitrogens with zero attached hydrogens (tertiary/aromatic N) is 5. The van der Waals surface area contributed by atoms with Gasteiger partial charge in [-0.15, -0.1) is 0 Å². The molecule has 0 bridgehead atoms.